The fourth-order valence-electron chi connectivity index (χ4n) is 0.736. The molecule has 0 aliphatic heterocycles. The smallest absolute Gasteiger partial charge is 0.147 e. The van der Waals surface area contributed by atoms with Gasteiger partial charge < -0.3 is 4.55 Å². The molecule has 0 aliphatic rings. The second-order valence-corrected chi connectivity index (χ2v) is 4.53. The lowest BCUT2D eigenvalue weighted by molar-refractivity contribution is 0.599. The van der Waals surface area contributed by atoms with Crippen LogP contribution in [-0.4, -0.2) is 15.8 Å². The Morgan fingerprint density at radius 1 is 1.73 bits per heavy atom. The van der Waals surface area contributed by atoms with E-state index in [1.165, 1.54) is 0 Å². The quantitative estimate of drug-likeness (QED) is 0.730. The van der Waals surface area contributed by atoms with Gasteiger partial charge in [-0.3, -0.25) is 4.98 Å². The molecule has 1 aromatic heterocycles. The summed E-state index contributed by atoms with van der Waals surface area (Å²) in [6.07, 6.45) is 3.37. The monoisotopic (exact) mass is 233 g/mol. The normalized spacial score (nSPS) is 13.0. The molecule has 2 nitrogen and oxygen atoms in total. The summed E-state index contributed by atoms with van der Waals surface area (Å²) < 4.78 is 11.8. The zero-order valence-electron chi connectivity index (χ0n) is 6.08. The molecule has 0 fully saturated rings. The maximum Gasteiger partial charge on any atom is 0.147 e. The van der Waals surface area contributed by atoms with Crippen molar-refractivity contribution in [2.75, 3.05) is 6.26 Å². The first-order chi connectivity index (χ1) is 5.18. The van der Waals surface area contributed by atoms with Crippen LogP contribution in [0.2, 0.25) is 0 Å². The van der Waals surface area contributed by atoms with Crippen molar-refractivity contribution >= 4 is 27.1 Å². The average molecular weight is 234 g/mol. The van der Waals surface area contributed by atoms with Crippen LogP contribution in [0.1, 0.15) is 5.69 Å². The Kier molecular flexibility index (Phi) is 3.36. The van der Waals surface area contributed by atoms with Crippen molar-refractivity contribution in [3.05, 3.63) is 28.5 Å². The molecule has 0 aliphatic carbocycles. The van der Waals surface area contributed by atoms with Crippen molar-refractivity contribution in [2.45, 2.75) is 5.75 Å². The Hall–Kier alpha value is -0.0600. The van der Waals surface area contributed by atoms with E-state index >= 15 is 0 Å². The van der Waals surface area contributed by atoms with Crippen molar-refractivity contribution in [3.8, 4) is 0 Å². The van der Waals surface area contributed by atoms with Gasteiger partial charge in [0.1, 0.15) is 5.75 Å². The molecular weight excluding hydrogens is 226 g/mol. The molecule has 0 saturated heterocycles. The van der Waals surface area contributed by atoms with Gasteiger partial charge >= 0.3 is 0 Å². The molecule has 0 spiro atoms. The highest BCUT2D eigenvalue weighted by Gasteiger charge is 2.01. The summed E-state index contributed by atoms with van der Waals surface area (Å²) in [5, 5.41) is 0. The summed E-state index contributed by atoms with van der Waals surface area (Å²) in [6.45, 7) is 0. The van der Waals surface area contributed by atoms with Crippen LogP contribution in [0.3, 0.4) is 0 Å². The van der Waals surface area contributed by atoms with Crippen molar-refractivity contribution in [1.29, 1.82) is 0 Å². The Balaban J connectivity index is 2.71. The van der Waals surface area contributed by atoms with E-state index in [4.69, 9.17) is 0 Å². The number of rotatable bonds is 2. The largest absolute Gasteiger partial charge is 0.616 e. The molecule has 60 valence electrons. The van der Waals surface area contributed by atoms with E-state index in [-0.39, 0.29) is 0 Å². The van der Waals surface area contributed by atoms with Crippen molar-refractivity contribution in [1.82, 2.24) is 4.98 Å². The lowest BCUT2D eigenvalue weighted by Gasteiger charge is -2.03. The topological polar surface area (TPSA) is 36.0 Å². The Morgan fingerprint density at radius 3 is 3.00 bits per heavy atom. The number of halogens is 1. The van der Waals surface area contributed by atoms with Crippen molar-refractivity contribution in [2.24, 2.45) is 0 Å². The molecule has 1 atom stereocenters. The fraction of sp³-hybridized carbons (Fsp3) is 0.286. The highest BCUT2D eigenvalue weighted by molar-refractivity contribution is 9.10. The Bertz CT molecular complexity index is 242. The lowest BCUT2D eigenvalue weighted by Crippen LogP contribution is -2.02. The molecule has 1 unspecified atom stereocenters. The molecule has 1 aromatic rings. The first-order valence-corrected chi connectivity index (χ1v) is 5.61. The number of hydrogen-bond acceptors (Lipinski definition) is 2. The second kappa shape index (κ2) is 4.09. The molecule has 1 rings (SSSR count). The van der Waals surface area contributed by atoms with Gasteiger partial charge in [0.05, 0.1) is 11.9 Å². The first kappa shape index (κ1) is 9.03. The third-order valence-electron chi connectivity index (χ3n) is 1.13. The SMILES string of the molecule is C[S+]([O-])Cc1cc(Br)ccn1. The minimum Gasteiger partial charge on any atom is -0.616 e. The summed E-state index contributed by atoms with van der Waals surface area (Å²) >= 11 is 2.50. The highest BCUT2D eigenvalue weighted by atomic mass is 79.9. The number of nitrogens with zero attached hydrogens (tertiary/aromatic N) is 1. The van der Waals surface area contributed by atoms with Crippen molar-refractivity contribution in [3.63, 3.8) is 0 Å². The molecule has 0 N–H and O–H groups in total. The van der Waals surface area contributed by atoms with Crippen LogP contribution in [0.4, 0.5) is 0 Å². The molecule has 1 heterocycles. The van der Waals surface area contributed by atoms with Gasteiger partial charge in [-0.2, -0.15) is 0 Å². The maximum absolute atomic E-state index is 10.8. The minimum atomic E-state index is -0.808. The molecule has 0 bridgehead atoms. The van der Waals surface area contributed by atoms with E-state index in [2.05, 4.69) is 20.9 Å². The van der Waals surface area contributed by atoms with Crippen molar-refractivity contribution < 1.29 is 4.55 Å². The van der Waals surface area contributed by atoms with Gasteiger partial charge in [0.15, 0.2) is 0 Å². The third kappa shape index (κ3) is 3.22. The first-order valence-electron chi connectivity index (χ1n) is 3.09. The van der Waals surface area contributed by atoms with Crippen LogP contribution in [0.25, 0.3) is 0 Å². The zero-order valence-corrected chi connectivity index (χ0v) is 8.48. The van der Waals surface area contributed by atoms with Gasteiger partial charge in [0.2, 0.25) is 0 Å². The summed E-state index contributed by atoms with van der Waals surface area (Å²) in [6, 6.07) is 3.73. The predicted octanol–water partition coefficient (Wildman–Crippen LogP) is 1.72. The fourth-order valence-corrected chi connectivity index (χ4v) is 1.69. The van der Waals surface area contributed by atoms with Crippen LogP contribution < -0.4 is 0 Å². The molecule has 0 aromatic carbocycles. The van der Waals surface area contributed by atoms with E-state index in [1.807, 2.05) is 12.1 Å². The molecule has 11 heavy (non-hydrogen) atoms. The van der Waals surface area contributed by atoms with Crippen LogP contribution in [0.5, 0.6) is 0 Å². The number of hydrogen-bond donors (Lipinski definition) is 0. The zero-order chi connectivity index (χ0) is 8.27. The Labute approximate surface area is 77.3 Å². The van der Waals surface area contributed by atoms with Crippen LogP contribution in [0.15, 0.2) is 22.8 Å². The van der Waals surface area contributed by atoms with Gasteiger partial charge in [-0.05, 0) is 12.1 Å². The number of pyridine rings is 1. The average Bonchev–Trinajstić information content (AvgIpc) is 1.85. The van der Waals surface area contributed by atoms with Gasteiger partial charge in [0.25, 0.3) is 0 Å². The van der Waals surface area contributed by atoms with Crippen LogP contribution >= 0.6 is 15.9 Å². The van der Waals surface area contributed by atoms with Crippen LogP contribution in [-0.2, 0) is 16.9 Å². The third-order valence-corrected chi connectivity index (χ3v) is 2.33. The molecular formula is C7H8BrNOS. The number of aromatic nitrogens is 1. The molecule has 0 amide bonds. The summed E-state index contributed by atoms with van der Waals surface area (Å²) in [7, 11) is 0. The summed E-state index contributed by atoms with van der Waals surface area (Å²) in [4.78, 5) is 4.06. The standard InChI is InChI=1S/C7H8BrNOS/c1-11(10)5-7-4-6(8)2-3-9-7/h2-4H,5H2,1H3. The second-order valence-electron chi connectivity index (χ2n) is 2.18. The van der Waals surface area contributed by atoms with E-state index < -0.39 is 11.2 Å². The molecule has 0 saturated carbocycles. The molecule has 4 heteroatoms. The van der Waals surface area contributed by atoms with Gasteiger partial charge in [-0.1, -0.05) is 27.1 Å². The van der Waals surface area contributed by atoms with E-state index in [0.717, 1.165) is 10.2 Å². The predicted molar refractivity (Wildman–Crippen MR) is 49.7 cm³/mol. The maximum atomic E-state index is 10.8. The molecule has 0 radical (unpaired) electrons. The highest BCUT2D eigenvalue weighted by Crippen LogP contribution is 2.10. The lowest BCUT2D eigenvalue weighted by atomic mass is 10.4. The van der Waals surface area contributed by atoms with E-state index in [9.17, 15) is 4.55 Å². The summed E-state index contributed by atoms with van der Waals surface area (Å²) in [5.74, 6) is 0.527. The Morgan fingerprint density at radius 2 is 2.45 bits per heavy atom. The van der Waals surface area contributed by atoms with Gasteiger partial charge in [-0.25, -0.2) is 0 Å². The minimum absolute atomic E-state index is 0.527. The van der Waals surface area contributed by atoms with E-state index in [1.54, 1.807) is 12.5 Å². The van der Waals surface area contributed by atoms with E-state index in [0.29, 0.717) is 5.75 Å². The summed E-state index contributed by atoms with van der Waals surface area (Å²) in [5.41, 5.74) is 0.861. The van der Waals surface area contributed by atoms with Gasteiger partial charge in [-0.15, -0.1) is 0 Å². The van der Waals surface area contributed by atoms with Crippen LogP contribution in [0, 0.1) is 0 Å². The van der Waals surface area contributed by atoms with Gasteiger partial charge in [0, 0.05) is 10.7 Å².